The second kappa shape index (κ2) is 3.80. The van der Waals surface area contributed by atoms with Gasteiger partial charge in [-0.2, -0.15) is 0 Å². The molecule has 1 aliphatic rings. The van der Waals surface area contributed by atoms with Crippen LogP contribution in [0.4, 0.5) is 5.13 Å². The molecule has 0 aliphatic carbocycles. The quantitative estimate of drug-likeness (QED) is 0.638. The second-order valence-corrected chi connectivity index (χ2v) is 4.16. The summed E-state index contributed by atoms with van der Waals surface area (Å²) in [5, 5.41) is 13.2. The minimum atomic E-state index is -1.10. The summed E-state index contributed by atoms with van der Waals surface area (Å²) in [6.07, 6.45) is 0. The first-order chi connectivity index (χ1) is 7.09. The zero-order valence-electron chi connectivity index (χ0n) is 7.38. The van der Waals surface area contributed by atoms with Gasteiger partial charge in [0, 0.05) is 5.38 Å². The number of hydrogen-bond acceptors (Lipinski definition) is 6. The maximum absolute atomic E-state index is 11.4. The number of aromatic nitrogens is 1. The number of carbonyl (C=O) groups is 2. The molecule has 1 unspecified atom stereocenters. The third-order valence-electron chi connectivity index (χ3n) is 1.87. The number of hydrogen-bond donors (Lipinski definition) is 3. The van der Waals surface area contributed by atoms with E-state index in [2.05, 4.69) is 22.9 Å². The van der Waals surface area contributed by atoms with E-state index in [1.807, 2.05) is 0 Å². The van der Waals surface area contributed by atoms with Gasteiger partial charge in [-0.05, 0) is 0 Å². The molecule has 1 aliphatic heterocycles. The monoisotopic (exact) mass is 245 g/mol. The highest BCUT2D eigenvalue weighted by molar-refractivity contribution is 7.81. The Hall–Kier alpha value is -1.12. The molecule has 1 atom stereocenters. The number of nitrogens with zero attached hydrogens (tertiary/aromatic N) is 2. The molecule has 1 saturated heterocycles. The summed E-state index contributed by atoms with van der Waals surface area (Å²) in [6.45, 7) is 0.191. The van der Waals surface area contributed by atoms with Gasteiger partial charge in [0.1, 0.15) is 5.50 Å². The van der Waals surface area contributed by atoms with E-state index in [9.17, 15) is 9.59 Å². The van der Waals surface area contributed by atoms with E-state index in [0.717, 1.165) is 11.3 Å². The van der Waals surface area contributed by atoms with Gasteiger partial charge in [0.05, 0.1) is 6.54 Å². The van der Waals surface area contributed by atoms with Crippen LogP contribution in [0.15, 0.2) is 5.38 Å². The van der Waals surface area contributed by atoms with Crippen molar-refractivity contribution in [3.63, 3.8) is 0 Å². The molecule has 1 aromatic heterocycles. The first-order valence-electron chi connectivity index (χ1n) is 4.02. The molecular formula is C7H7N3O3S2. The van der Waals surface area contributed by atoms with Gasteiger partial charge in [-0.25, -0.2) is 9.78 Å². The Kier molecular flexibility index (Phi) is 2.63. The standard InChI is InChI=1S/C7H7N3O3S2/c11-4-1-8-6(14)10(4)7-9-3(2-15-7)5(12)13/h2,6,8,14H,1H2,(H,12,13). The van der Waals surface area contributed by atoms with E-state index in [0.29, 0.717) is 5.13 Å². The molecule has 2 heterocycles. The Balaban J connectivity index is 2.29. The van der Waals surface area contributed by atoms with Crippen LogP contribution in [0.25, 0.3) is 0 Å². The smallest absolute Gasteiger partial charge is 0.355 e. The molecule has 0 bridgehead atoms. The minimum absolute atomic E-state index is 0.0600. The highest BCUT2D eigenvalue weighted by Gasteiger charge is 2.31. The second-order valence-electron chi connectivity index (χ2n) is 2.84. The maximum atomic E-state index is 11.4. The molecular weight excluding hydrogens is 238 g/mol. The lowest BCUT2D eigenvalue weighted by Crippen LogP contribution is -2.32. The van der Waals surface area contributed by atoms with Crippen molar-refractivity contribution in [2.75, 3.05) is 11.4 Å². The van der Waals surface area contributed by atoms with E-state index in [1.54, 1.807) is 0 Å². The van der Waals surface area contributed by atoms with Crippen molar-refractivity contribution in [2.24, 2.45) is 0 Å². The fourth-order valence-corrected chi connectivity index (χ4v) is 2.43. The van der Waals surface area contributed by atoms with Crippen LogP contribution in [0.3, 0.4) is 0 Å². The van der Waals surface area contributed by atoms with Crippen LogP contribution in [-0.2, 0) is 4.79 Å². The van der Waals surface area contributed by atoms with Crippen LogP contribution in [0.5, 0.6) is 0 Å². The summed E-state index contributed by atoms with van der Waals surface area (Å²) in [7, 11) is 0. The number of carboxylic acids is 1. The van der Waals surface area contributed by atoms with Crippen LogP contribution < -0.4 is 10.2 Å². The predicted molar refractivity (Wildman–Crippen MR) is 57.3 cm³/mol. The normalized spacial score (nSPS) is 21.0. The molecule has 1 amide bonds. The number of nitrogens with one attached hydrogen (secondary N) is 1. The highest BCUT2D eigenvalue weighted by atomic mass is 32.1. The number of aromatic carboxylic acids is 1. The van der Waals surface area contributed by atoms with E-state index < -0.39 is 11.5 Å². The van der Waals surface area contributed by atoms with Crippen LogP contribution in [0.1, 0.15) is 10.5 Å². The summed E-state index contributed by atoms with van der Waals surface area (Å²) in [4.78, 5) is 27.2. The third-order valence-corrected chi connectivity index (χ3v) is 3.12. The molecule has 0 saturated carbocycles. The molecule has 2 N–H and O–H groups in total. The first kappa shape index (κ1) is 10.4. The molecule has 80 valence electrons. The molecule has 6 nitrogen and oxygen atoms in total. The molecule has 8 heteroatoms. The first-order valence-corrected chi connectivity index (χ1v) is 5.41. The molecule has 1 fully saturated rings. The lowest BCUT2D eigenvalue weighted by atomic mass is 10.5. The Morgan fingerprint density at radius 2 is 2.53 bits per heavy atom. The molecule has 1 aromatic rings. The molecule has 0 radical (unpaired) electrons. The van der Waals surface area contributed by atoms with Crippen molar-refractivity contribution in [1.82, 2.24) is 10.3 Å². The summed E-state index contributed by atoms with van der Waals surface area (Å²) >= 11 is 5.24. The Morgan fingerprint density at radius 1 is 1.80 bits per heavy atom. The van der Waals surface area contributed by atoms with Crippen molar-refractivity contribution >= 4 is 41.0 Å². The number of rotatable bonds is 2. The van der Waals surface area contributed by atoms with Crippen LogP contribution >= 0.6 is 24.0 Å². The van der Waals surface area contributed by atoms with Crippen LogP contribution in [0.2, 0.25) is 0 Å². The van der Waals surface area contributed by atoms with Gasteiger partial charge in [0.25, 0.3) is 0 Å². The molecule has 0 spiro atoms. The van der Waals surface area contributed by atoms with Gasteiger partial charge in [0.15, 0.2) is 10.8 Å². The van der Waals surface area contributed by atoms with E-state index in [4.69, 9.17) is 5.11 Å². The minimum Gasteiger partial charge on any atom is -0.476 e. The molecule has 15 heavy (non-hydrogen) atoms. The fraction of sp³-hybridized carbons (Fsp3) is 0.286. The average molecular weight is 245 g/mol. The summed E-state index contributed by atoms with van der Waals surface area (Å²) in [6, 6.07) is 0. The van der Waals surface area contributed by atoms with Crippen molar-refractivity contribution < 1.29 is 14.7 Å². The van der Waals surface area contributed by atoms with Gasteiger partial charge < -0.3 is 5.11 Å². The van der Waals surface area contributed by atoms with Gasteiger partial charge in [-0.3, -0.25) is 15.0 Å². The Bertz CT molecular complexity index is 419. The molecule has 2 rings (SSSR count). The van der Waals surface area contributed by atoms with E-state index in [-0.39, 0.29) is 18.1 Å². The number of carboxylic acid groups (broad SMARTS) is 1. The van der Waals surface area contributed by atoms with Crippen molar-refractivity contribution in [3.8, 4) is 0 Å². The summed E-state index contributed by atoms with van der Waals surface area (Å²) in [5.41, 5.74) is -0.500. The number of thiazole rings is 1. The highest BCUT2D eigenvalue weighted by Crippen LogP contribution is 2.25. The lowest BCUT2D eigenvalue weighted by molar-refractivity contribution is -0.116. The Labute approximate surface area is 94.3 Å². The van der Waals surface area contributed by atoms with Crippen molar-refractivity contribution in [1.29, 1.82) is 0 Å². The number of amides is 1. The number of carbonyl (C=O) groups excluding carboxylic acids is 1. The number of thiol groups is 1. The van der Waals surface area contributed by atoms with Gasteiger partial charge in [-0.1, -0.05) is 0 Å². The SMILES string of the molecule is O=C(O)c1csc(N2C(=O)CNC2S)n1. The van der Waals surface area contributed by atoms with Gasteiger partial charge in [0.2, 0.25) is 5.91 Å². The summed E-state index contributed by atoms with van der Waals surface area (Å²) < 4.78 is 0. The summed E-state index contributed by atoms with van der Waals surface area (Å²) in [5.74, 6) is -1.27. The zero-order valence-corrected chi connectivity index (χ0v) is 9.09. The Morgan fingerprint density at radius 3 is 3.00 bits per heavy atom. The fourth-order valence-electron chi connectivity index (χ4n) is 1.18. The largest absolute Gasteiger partial charge is 0.476 e. The van der Waals surface area contributed by atoms with Crippen molar-refractivity contribution in [3.05, 3.63) is 11.1 Å². The average Bonchev–Trinajstić information content (AvgIpc) is 2.73. The molecule has 0 aromatic carbocycles. The lowest BCUT2D eigenvalue weighted by Gasteiger charge is -2.15. The van der Waals surface area contributed by atoms with E-state index >= 15 is 0 Å². The maximum Gasteiger partial charge on any atom is 0.355 e. The van der Waals surface area contributed by atoms with Crippen LogP contribution in [-0.4, -0.2) is 34.0 Å². The van der Waals surface area contributed by atoms with Crippen molar-refractivity contribution in [2.45, 2.75) is 5.50 Å². The van der Waals surface area contributed by atoms with E-state index in [1.165, 1.54) is 10.3 Å². The zero-order chi connectivity index (χ0) is 11.0. The van der Waals surface area contributed by atoms with Crippen LogP contribution in [0, 0.1) is 0 Å². The predicted octanol–water partition coefficient (Wildman–Crippen LogP) is -0.00910. The third kappa shape index (κ3) is 1.83. The van der Waals surface area contributed by atoms with Gasteiger partial charge in [-0.15, -0.1) is 24.0 Å². The van der Waals surface area contributed by atoms with Gasteiger partial charge >= 0.3 is 5.97 Å². The number of anilines is 1. The topological polar surface area (TPSA) is 82.5 Å².